The van der Waals surface area contributed by atoms with Gasteiger partial charge in [-0.1, -0.05) is 19.3 Å². The number of aliphatic hydroxyl groups is 1. The molecular formula is C10H18O2. The highest BCUT2D eigenvalue weighted by Gasteiger charge is 2.43. The molecule has 2 aliphatic rings. The van der Waals surface area contributed by atoms with Crippen molar-refractivity contribution in [1.82, 2.24) is 0 Å². The van der Waals surface area contributed by atoms with E-state index < -0.39 is 0 Å². The van der Waals surface area contributed by atoms with Gasteiger partial charge in [0.1, 0.15) is 6.10 Å². The van der Waals surface area contributed by atoms with Crippen LogP contribution >= 0.6 is 0 Å². The van der Waals surface area contributed by atoms with Crippen LogP contribution in [0.1, 0.15) is 39.0 Å². The Hall–Kier alpha value is -0.0800. The Kier molecular flexibility index (Phi) is 2.37. The lowest BCUT2D eigenvalue weighted by molar-refractivity contribution is 0.0585. The summed E-state index contributed by atoms with van der Waals surface area (Å²) in [7, 11) is 0. The molecule has 2 heteroatoms. The fraction of sp³-hybridized carbons (Fsp3) is 1.00. The fourth-order valence-corrected chi connectivity index (χ4v) is 2.30. The van der Waals surface area contributed by atoms with Crippen molar-refractivity contribution >= 4 is 0 Å². The maximum absolute atomic E-state index is 9.86. The molecule has 1 saturated carbocycles. The molecule has 1 aliphatic heterocycles. The number of epoxide rings is 1. The molecule has 1 aliphatic carbocycles. The van der Waals surface area contributed by atoms with Crippen LogP contribution in [0.25, 0.3) is 0 Å². The van der Waals surface area contributed by atoms with Crippen molar-refractivity contribution in [2.24, 2.45) is 5.92 Å². The molecule has 1 N–H and O–H groups in total. The van der Waals surface area contributed by atoms with Gasteiger partial charge in [0.25, 0.3) is 0 Å². The van der Waals surface area contributed by atoms with E-state index in [1.165, 1.54) is 32.1 Å². The largest absolute Gasteiger partial charge is 0.390 e. The van der Waals surface area contributed by atoms with Crippen LogP contribution in [0.4, 0.5) is 0 Å². The molecule has 2 nitrogen and oxygen atoms in total. The van der Waals surface area contributed by atoms with E-state index in [1.807, 2.05) is 6.92 Å². The van der Waals surface area contributed by atoms with Crippen molar-refractivity contribution < 1.29 is 9.84 Å². The number of rotatable bonds is 2. The van der Waals surface area contributed by atoms with Crippen LogP contribution in [0, 0.1) is 5.92 Å². The molecule has 0 aromatic rings. The van der Waals surface area contributed by atoms with Gasteiger partial charge in [-0.25, -0.2) is 0 Å². The molecule has 3 atom stereocenters. The van der Waals surface area contributed by atoms with Gasteiger partial charge in [-0.05, 0) is 25.7 Å². The molecule has 0 amide bonds. The molecule has 70 valence electrons. The van der Waals surface area contributed by atoms with E-state index in [-0.39, 0.29) is 12.2 Å². The minimum atomic E-state index is -0.180. The zero-order valence-electron chi connectivity index (χ0n) is 7.70. The van der Waals surface area contributed by atoms with Crippen LogP contribution in [0.15, 0.2) is 0 Å². The first-order valence-corrected chi connectivity index (χ1v) is 5.12. The summed E-state index contributed by atoms with van der Waals surface area (Å²) >= 11 is 0. The molecule has 2 fully saturated rings. The summed E-state index contributed by atoms with van der Waals surface area (Å²) in [6.45, 7) is 2.04. The lowest BCUT2D eigenvalue weighted by Crippen LogP contribution is -2.28. The van der Waals surface area contributed by atoms with Crippen LogP contribution < -0.4 is 0 Å². The SMILES string of the molecule is C[C@@H]1O[C@H]1[C@@H](O)C1CCCCC1. The van der Waals surface area contributed by atoms with Crippen LogP contribution in [0.5, 0.6) is 0 Å². The third-order valence-corrected chi connectivity index (χ3v) is 3.23. The van der Waals surface area contributed by atoms with E-state index in [0.717, 1.165) is 0 Å². The third-order valence-electron chi connectivity index (χ3n) is 3.23. The van der Waals surface area contributed by atoms with Crippen LogP contribution in [0.2, 0.25) is 0 Å². The molecule has 12 heavy (non-hydrogen) atoms. The predicted molar refractivity (Wildman–Crippen MR) is 46.9 cm³/mol. The highest BCUT2D eigenvalue weighted by Crippen LogP contribution is 2.35. The van der Waals surface area contributed by atoms with Crippen LogP contribution in [-0.2, 0) is 4.74 Å². The zero-order chi connectivity index (χ0) is 8.55. The number of hydrogen-bond donors (Lipinski definition) is 1. The normalized spacial score (nSPS) is 39.5. The van der Waals surface area contributed by atoms with Crippen molar-refractivity contribution in [2.75, 3.05) is 0 Å². The Morgan fingerprint density at radius 2 is 1.83 bits per heavy atom. The van der Waals surface area contributed by atoms with E-state index in [4.69, 9.17) is 4.74 Å². The van der Waals surface area contributed by atoms with Gasteiger partial charge < -0.3 is 9.84 Å². The minimum Gasteiger partial charge on any atom is -0.390 e. The van der Waals surface area contributed by atoms with Gasteiger partial charge >= 0.3 is 0 Å². The van der Waals surface area contributed by atoms with E-state index in [1.54, 1.807) is 0 Å². The van der Waals surface area contributed by atoms with Gasteiger partial charge in [0.2, 0.25) is 0 Å². The summed E-state index contributed by atoms with van der Waals surface area (Å²) in [6.07, 6.45) is 6.63. The predicted octanol–water partition coefficient (Wildman–Crippen LogP) is 1.71. The second-order valence-corrected chi connectivity index (χ2v) is 4.19. The molecule has 0 radical (unpaired) electrons. The summed E-state index contributed by atoms with van der Waals surface area (Å²) in [5.74, 6) is 0.522. The fourth-order valence-electron chi connectivity index (χ4n) is 2.30. The molecular weight excluding hydrogens is 152 g/mol. The highest BCUT2D eigenvalue weighted by molar-refractivity contribution is 4.91. The average molecular weight is 170 g/mol. The van der Waals surface area contributed by atoms with E-state index >= 15 is 0 Å². The topological polar surface area (TPSA) is 32.8 Å². The summed E-state index contributed by atoms with van der Waals surface area (Å²) in [4.78, 5) is 0. The van der Waals surface area contributed by atoms with E-state index in [9.17, 15) is 5.11 Å². The first-order valence-electron chi connectivity index (χ1n) is 5.12. The average Bonchev–Trinajstić information content (AvgIpc) is 2.83. The van der Waals surface area contributed by atoms with Crippen molar-refractivity contribution in [2.45, 2.75) is 57.3 Å². The van der Waals surface area contributed by atoms with Crippen LogP contribution in [-0.4, -0.2) is 23.4 Å². The highest BCUT2D eigenvalue weighted by atomic mass is 16.6. The van der Waals surface area contributed by atoms with E-state index in [0.29, 0.717) is 12.0 Å². The van der Waals surface area contributed by atoms with Crippen molar-refractivity contribution in [3.63, 3.8) is 0 Å². The molecule has 1 saturated heterocycles. The Balaban J connectivity index is 1.82. The number of aliphatic hydroxyl groups excluding tert-OH is 1. The molecule has 1 heterocycles. The second-order valence-electron chi connectivity index (χ2n) is 4.19. The van der Waals surface area contributed by atoms with Gasteiger partial charge in [-0.15, -0.1) is 0 Å². The van der Waals surface area contributed by atoms with Crippen LogP contribution in [0.3, 0.4) is 0 Å². The van der Waals surface area contributed by atoms with Crippen molar-refractivity contribution in [3.05, 3.63) is 0 Å². The van der Waals surface area contributed by atoms with Gasteiger partial charge in [-0.3, -0.25) is 0 Å². The Bertz CT molecular complexity index is 152. The second kappa shape index (κ2) is 3.35. The molecule has 0 spiro atoms. The maximum Gasteiger partial charge on any atom is 0.110 e. The number of hydrogen-bond acceptors (Lipinski definition) is 2. The summed E-state index contributed by atoms with van der Waals surface area (Å²) in [5.41, 5.74) is 0. The van der Waals surface area contributed by atoms with Crippen molar-refractivity contribution in [1.29, 1.82) is 0 Å². The van der Waals surface area contributed by atoms with Gasteiger partial charge in [-0.2, -0.15) is 0 Å². The minimum absolute atomic E-state index is 0.160. The lowest BCUT2D eigenvalue weighted by atomic mass is 9.84. The van der Waals surface area contributed by atoms with Crippen molar-refractivity contribution in [3.8, 4) is 0 Å². The molecule has 0 aromatic heterocycles. The zero-order valence-corrected chi connectivity index (χ0v) is 7.70. The monoisotopic (exact) mass is 170 g/mol. The molecule has 0 bridgehead atoms. The summed E-state index contributed by atoms with van der Waals surface area (Å²) in [6, 6.07) is 0. The van der Waals surface area contributed by atoms with Gasteiger partial charge in [0.15, 0.2) is 0 Å². The standard InChI is InChI=1S/C10H18O2/c1-7-10(12-7)9(11)8-5-3-2-4-6-8/h7-11H,2-6H2,1H3/t7-,9-,10+/m0/s1. The van der Waals surface area contributed by atoms with Gasteiger partial charge in [0, 0.05) is 0 Å². The molecule has 0 aromatic carbocycles. The lowest BCUT2D eigenvalue weighted by Gasteiger charge is -2.25. The maximum atomic E-state index is 9.86. The Morgan fingerprint density at radius 3 is 2.33 bits per heavy atom. The Morgan fingerprint density at radius 1 is 1.25 bits per heavy atom. The molecule has 0 unspecified atom stereocenters. The first kappa shape index (κ1) is 8.52. The smallest absolute Gasteiger partial charge is 0.110 e. The summed E-state index contributed by atoms with van der Waals surface area (Å²) < 4.78 is 5.28. The first-order chi connectivity index (χ1) is 5.79. The third kappa shape index (κ3) is 1.64. The van der Waals surface area contributed by atoms with Gasteiger partial charge in [0.05, 0.1) is 12.2 Å². The Labute approximate surface area is 73.9 Å². The van der Waals surface area contributed by atoms with E-state index in [2.05, 4.69) is 0 Å². The molecule has 2 rings (SSSR count). The summed E-state index contributed by atoms with van der Waals surface area (Å²) in [5, 5.41) is 9.86. The quantitative estimate of drug-likeness (QED) is 0.640. The number of ether oxygens (including phenoxy) is 1.